The number of methoxy groups -OCH3 is 1. The van der Waals surface area contributed by atoms with Crippen LogP contribution in [0.3, 0.4) is 0 Å². The molecule has 0 saturated carbocycles. The predicted octanol–water partition coefficient (Wildman–Crippen LogP) is 7.40. The minimum absolute atomic E-state index is 0.0969. The average Bonchev–Trinajstić information content (AvgIpc) is 2.86. The maximum atomic E-state index is 15.0. The zero-order valence-electron chi connectivity index (χ0n) is 18.3. The van der Waals surface area contributed by atoms with Crippen molar-refractivity contribution in [3.05, 3.63) is 102 Å². The average molecular weight is 454 g/mol. The summed E-state index contributed by atoms with van der Waals surface area (Å²) in [6.45, 7) is -0.0969. The zero-order chi connectivity index (χ0) is 23.7. The Morgan fingerprint density at radius 2 is 1.38 bits per heavy atom. The Kier molecular flexibility index (Phi) is 5.78. The van der Waals surface area contributed by atoms with E-state index in [1.165, 1.54) is 25.3 Å². The first-order chi connectivity index (χ1) is 16.6. The highest BCUT2D eigenvalue weighted by Crippen LogP contribution is 2.47. The molecule has 0 aliphatic carbocycles. The van der Waals surface area contributed by atoms with Crippen LogP contribution in [0.1, 0.15) is 10.4 Å². The van der Waals surface area contributed by atoms with Crippen LogP contribution in [0.2, 0.25) is 0 Å². The third-order valence-electron chi connectivity index (χ3n) is 5.89. The van der Waals surface area contributed by atoms with E-state index in [1.54, 1.807) is 12.1 Å². The second kappa shape index (κ2) is 9.04. The molecule has 5 aromatic rings. The van der Waals surface area contributed by atoms with Gasteiger partial charge in [-0.05, 0) is 45.3 Å². The maximum absolute atomic E-state index is 15.0. The Hall–Kier alpha value is -4.09. The minimum Gasteiger partial charge on any atom is -0.466 e. The Morgan fingerprint density at radius 3 is 2.06 bits per heavy atom. The van der Waals surface area contributed by atoms with Gasteiger partial charge in [0.15, 0.2) is 13.1 Å². The number of hydrogen-bond donors (Lipinski definition) is 0. The van der Waals surface area contributed by atoms with Gasteiger partial charge in [0.1, 0.15) is 17.4 Å². The third kappa shape index (κ3) is 3.60. The zero-order valence-corrected chi connectivity index (χ0v) is 18.3. The summed E-state index contributed by atoms with van der Waals surface area (Å²) in [5, 5.41) is 3.25. The van der Waals surface area contributed by atoms with Gasteiger partial charge in [0.25, 0.3) is 0 Å². The third-order valence-corrected chi connectivity index (χ3v) is 5.89. The molecule has 0 amide bonds. The number of rotatable bonds is 6. The highest BCUT2D eigenvalue weighted by Gasteiger charge is 2.24. The number of hydrogen-bond acceptors (Lipinski definition) is 3. The quantitative estimate of drug-likeness (QED) is 0.198. The normalized spacial score (nSPS) is 11.1. The highest BCUT2D eigenvalue weighted by molar-refractivity contribution is 6.14. The van der Waals surface area contributed by atoms with Crippen molar-refractivity contribution in [2.24, 2.45) is 0 Å². The van der Waals surface area contributed by atoms with E-state index in [0.717, 1.165) is 27.8 Å². The van der Waals surface area contributed by atoms with Crippen molar-refractivity contribution in [3.63, 3.8) is 0 Å². The summed E-state index contributed by atoms with van der Waals surface area (Å²) in [6, 6.07) is 24.2. The summed E-state index contributed by atoms with van der Waals surface area (Å²) >= 11 is 0. The van der Waals surface area contributed by atoms with Crippen LogP contribution in [0.4, 0.5) is 8.78 Å². The fraction of sp³-hybridized carbons (Fsp3) is 0.0690. The lowest BCUT2D eigenvalue weighted by molar-refractivity contribution is 0.0510. The van der Waals surface area contributed by atoms with Crippen molar-refractivity contribution in [2.75, 3.05) is 13.9 Å². The van der Waals surface area contributed by atoms with Crippen molar-refractivity contribution in [2.45, 2.75) is 0 Å². The van der Waals surface area contributed by atoms with Crippen LogP contribution in [0.5, 0.6) is 5.75 Å². The van der Waals surface area contributed by atoms with Crippen molar-refractivity contribution in [1.82, 2.24) is 0 Å². The van der Waals surface area contributed by atoms with E-state index in [1.807, 2.05) is 54.6 Å². The minimum atomic E-state index is -0.674. The van der Waals surface area contributed by atoms with E-state index < -0.39 is 11.6 Å². The molecule has 0 N–H and O–H groups in total. The van der Waals surface area contributed by atoms with Gasteiger partial charge in [-0.15, -0.1) is 0 Å². The molecule has 5 aromatic carbocycles. The van der Waals surface area contributed by atoms with Crippen LogP contribution in [0, 0.1) is 11.6 Å². The molecule has 3 nitrogen and oxygen atoms in total. The summed E-state index contributed by atoms with van der Waals surface area (Å²) in [6.07, 6.45) is 0.718. The van der Waals surface area contributed by atoms with Gasteiger partial charge in [-0.1, -0.05) is 66.7 Å². The van der Waals surface area contributed by atoms with Gasteiger partial charge in [-0.25, -0.2) is 8.78 Å². The van der Waals surface area contributed by atoms with Gasteiger partial charge in [-0.3, -0.25) is 4.79 Å². The fourth-order valence-electron chi connectivity index (χ4n) is 4.46. The van der Waals surface area contributed by atoms with Gasteiger partial charge in [0, 0.05) is 18.2 Å². The lowest BCUT2D eigenvalue weighted by Crippen LogP contribution is -2.05. The summed E-state index contributed by atoms with van der Waals surface area (Å²) in [5.41, 5.74) is 1.70. The predicted molar refractivity (Wildman–Crippen MR) is 130 cm³/mol. The second-order valence-corrected chi connectivity index (χ2v) is 7.87. The Labute approximate surface area is 195 Å². The molecule has 0 unspecified atom stereocenters. The monoisotopic (exact) mass is 454 g/mol. The molecule has 0 aromatic heterocycles. The van der Waals surface area contributed by atoms with Crippen LogP contribution in [-0.2, 0) is 4.74 Å². The van der Waals surface area contributed by atoms with Crippen LogP contribution in [-0.4, -0.2) is 20.2 Å². The van der Waals surface area contributed by atoms with E-state index in [4.69, 9.17) is 9.47 Å². The van der Waals surface area contributed by atoms with Crippen LogP contribution >= 0.6 is 0 Å². The molecule has 0 saturated heterocycles. The highest BCUT2D eigenvalue weighted by atomic mass is 19.1. The van der Waals surface area contributed by atoms with E-state index in [-0.39, 0.29) is 12.4 Å². The topological polar surface area (TPSA) is 35.5 Å². The fourth-order valence-corrected chi connectivity index (χ4v) is 4.46. The Balaban J connectivity index is 2.01. The summed E-state index contributed by atoms with van der Waals surface area (Å²) < 4.78 is 41.2. The van der Waals surface area contributed by atoms with Crippen molar-refractivity contribution >= 4 is 27.8 Å². The van der Waals surface area contributed by atoms with Gasteiger partial charge < -0.3 is 9.47 Å². The Morgan fingerprint density at radius 1 is 0.735 bits per heavy atom. The van der Waals surface area contributed by atoms with Crippen LogP contribution in [0.25, 0.3) is 43.8 Å². The molecule has 0 bridgehead atoms. The van der Waals surface area contributed by atoms with Crippen LogP contribution < -0.4 is 4.74 Å². The molecule has 0 aliphatic heterocycles. The van der Waals surface area contributed by atoms with E-state index in [0.29, 0.717) is 28.0 Å². The molecule has 168 valence electrons. The molecule has 0 radical (unpaired) electrons. The van der Waals surface area contributed by atoms with E-state index in [9.17, 15) is 4.79 Å². The van der Waals surface area contributed by atoms with Crippen molar-refractivity contribution < 1.29 is 23.0 Å². The Bertz CT molecular complexity index is 1520. The summed E-state index contributed by atoms with van der Waals surface area (Å²) in [5.74, 6) is -1.05. The van der Waals surface area contributed by atoms with Crippen molar-refractivity contribution in [1.29, 1.82) is 0 Å². The molecular weight excluding hydrogens is 434 g/mol. The van der Waals surface area contributed by atoms with Gasteiger partial charge >= 0.3 is 0 Å². The second-order valence-electron chi connectivity index (χ2n) is 7.87. The molecule has 0 spiro atoms. The first kappa shape index (κ1) is 21.7. The lowest BCUT2D eigenvalue weighted by atomic mass is 9.85. The SMILES string of the molecule is COCOc1c(C=O)cc2ccccc2c1-c1c(-c2c(F)cccc2F)ccc2ccccc12. The van der Waals surface area contributed by atoms with Crippen LogP contribution in [0.15, 0.2) is 84.9 Å². The number of ether oxygens (including phenoxy) is 2. The van der Waals surface area contributed by atoms with Gasteiger partial charge in [0.2, 0.25) is 0 Å². The number of carbonyl (C=O) groups excluding carboxylic acids is 1. The molecule has 0 aliphatic rings. The number of carbonyl (C=O) groups is 1. The number of aldehydes is 1. The van der Waals surface area contributed by atoms with Gasteiger partial charge in [-0.2, -0.15) is 0 Å². The first-order valence-corrected chi connectivity index (χ1v) is 10.7. The molecule has 5 rings (SSSR count). The summed E-state index contributed by atoms with van der Waals surface area (Å²) in [7, 11) is 1.49. The standard InChI is InChI=1S/C29H20F2O3/c1-33-17-34-29-20(16-32)15-19-8-3-5-10-22(19)28(29)26-21-9-4-2-7-18(21)13-14-23(26)27-24(30)11-6-12-25(27)31/h2-16H,17H2,1H3. The molecule has 0 fully saturated rings. The van der Waals surface area contributed by atoms with E-state index >= 15 is 8.78 Å². The molecule has 0 atom stereocenters. The largest absolute Gasteiger partial charge is 0.466 e. The summed E-state index contributed by atoms with van der Waals surface area (Å²) in [4.78, 5) is 12.1. The number of fused-ring (bicyclic) bond motifs is 2. The first-order valence-electron chi connectivity index (χ1n) is 10.7. The molecule has 34 heavy (non-hydrogen) atoms. The lowest BCUT2D eigenvalue weighted by Gasteiger charge is -2.21. The smallest absolute Gasteiger partial charge is 0.188 e. The molecule has 5 heteroatoms. The van der Waals surface area contributed by atoms with E-state index in [2.05, 4.69) is 0 Å². The number of halogens is 2. The maximum Gasteiger partial charge on any atom is 0.188 e. The number of benzene rings is 5. The van der Waals surface area contributed by atoms with Crippen molar-refractivity contribution in [3.8, 4) is 28.0 Å². The molecule has 0 heterocycles. The van der Waals surface area contributed by atoms with Gasteiger partial charge in [0.05, 0.1) is 11.1 Å². The molecular formula is C29H20F2O3.